The highest BCUT2D eigenvalue weighted by Gasteiger charge is 2.48. The third kappa shape index (κ3) is 2.02. The first kappa shape index (κ1) is 12.0. The molecule has 18 heavy (non-hydrogen) atoms. The number of hydrogen-bond acceptors (Lipinski definition) is 2. The molecule has 2 amide bonds. The Labute approximate surface area is 108 Å². The highest BCUT2D eigenvalue weighted by molar-refractivity contribution is 5.98. The van der Waals surface area contributed by atoms with Crippen molar-refractivity contribution < 1.29 is 9.59 Å². The first-order valence-electron chi connectivity index (χ1n) is 7.30. The fourth-order valence-electron chi connectivity index (χ4n) is 3.53. The van der Waals surface area contributed by atoms with Crippen LogP contribution < -0.4 is 5.32 Å². The minimum Gasteiger partial charge on any atom is -0.340 e. The molecule has 0 aromatic rings. The van der Waals surface area contributed by atoms with Gasteiger partial charge in [0.1, 0.15) is 5.54 Å². The van der Waals surface area contributed by atoms with E-state index in [1.165, 1.54) is 19.3 Å². The number of hydrogen-bond donors (Lipinski definition) is 1. The van der Waals surface area contributed by atoms with Crippen molar-refractivity contribution in [3.05, 3.63) is 0 Å². The summed E-state index contributed by atoms with van der Waals surface area (Å²) in [7, 11) is 0. The van der Waals surface area contributed by atoms with Crippen LogP contribution in [0.2, 0.25) is 0 Å². The number of amides is 2. The number of rotatable bonds is 3. The minimum atomic E-state index is -0.533. The highest BCUT2D eigenvalue weighted by Crippen LogP contribution is 2.34. The Hall–Kier alpha value is -1.06. The third-order valence-corrected chi connectivity index (χ3v) is 4.90. The largest absolute Gasteiger partial charge is 0.340 e. The molecule has 1 aliphatic heterocycles. The van der Waals surface area contributed by atoms with Crippen LogP contribution in [0.15, 0.2) is 0 Å². The molecule has 4 nitrogen and oxygen atoms in total. The Morgan fingerprint density at radius 1 is 1.17 bits per heavy atom. The molecule has 0 bridgehead atoms. The van der Waals surface area contributed by atoms with Gasteiger partial charge in [0.15, 0.2) is 0 Å². The van der Waals surface area contributed by atoms with Crippen LogP contribution in [-0.4, -0.2) is 35.3 Å². The van der Waals surface area contributed by atoms with Gasteiger partial charge in [-0.2, -0.15) is 0 Å². The molecule has 100 valence electrons. The molecule has 0 radical (unpaired) electrons. The van der Waals surface area contributed by atoms with Crippen molar-refractivity contribution in [3.63, 3.8) is 0 Å². The van der Waals surface area contributed by atoms with Gasteiger partial charge < -0.3 is 10.2 Å². The molecule has 2 aliphatic carbocycles. The van der Waals surface area contributed by atoms with E-state index in [1.807, 2.05) is 4.90 Å². The average Bonchev–Trinajstić information content (AvgIpc) is 2.72. The second-order valence-corrected chi connectivity index (χ2v) is 6.15. The van der Waals surface area contributed by atoms with Gasteiger partial charge in [0.25, 0.3) is 0 Å². The van der Waals surface area contributed by atoms with Gasteiger partial charge in [0.2, 0.25) is 11.8 Å². The summed E-state index contributed by atoms with van der Waals surface area (Å²) >= 11 is 0. The number of carbonyl (C=O) groups excluding carboxylic acids is 2. The van der Waals surface area contributed by atoms with E-state index >= 15 is 0 Å². The predicted molar refractivity (Wildman–Crippen MR) is 67.9 cm³/mol. The summed E-state index contributed by atoms with van der Waals surface area (Å²) in [6, 6.07) is 0. The molecule has 1 heterocycles. The Bertz CT molecular complexity index is 357. The van der Waals surface area contributed by atoms with E-state index in [4.69, 9.17) is 0 Å². The molecule has 1 spiro atoms. The molecule has 2 saturated carbocycles. The zero-order valence-corrected chi connectivity index (χ0v) is 10.9. The summed E-state index contributed by atoms with van der Waals surface area (Å²) in [6.45, 7) is 1.05. The lowest BCUT2D eigenvalue weighted by Crippen LogP contribution is -2.65. The van der Waals surface area contributed by atoms with Gasteiger partial charge in [-0.1, -0.05) is 32.1 Å². The molecule has 0 aromatic heterocycles. The van der Waals surface area contributed by atoms with Gasteiger partial charge in [-0.3, -0.25) is 9.59 Å². The van der Waals surface area contributed by atoms with Crippen LogP contribution in [0.5, 0.6) is 0 Å². The molecule has 4 heteroatoms. The summed E-state index contributed by atoms with van der Waals surface area (Å²) in [5.41, 5.74) is -0.533. The molecular formula is C14H22N2O2. The van der Waals surface area contributed by atoms with Crippen LogP contribution in [0.25, 0.3) is 0 Å². The number of nitrogens with one attached hydrogen (secondary N) is 1. The van der Waals surface area contributed by atoms with E-state index in [1.54, 1.807) is 0 Å². The van der Waals surface area contributed by atoms with Crippen molar-refractivity contribution >= 4 is 11.8 Å². The number of nitrogens with zero attached hydrogens (tertiary/aromatic N) is 1. The van der Waals surface area contributed by atoms with Crippen molar-refractivity contribution in [2.24, 2.45) is 5.92 Å². The van der Waals surface area contributed by atoms with Crippen LogP contribution >= 0.6 is 0 Å². The summed E-state index contributed by atoms with van der Waals surface area (Å²) < 4.78 is 0. The number of carbonyl (C=O) groups is 2. The molecule has 3 rings (SSSR count). The summed E-state index contributed by atoms with van der Waals surface area (Å²) in [4.78, 5) is 26.1. The first-order chi connectivity index (χ1) is 8.70. The molecule has 1 N–H and O–H groups in total. The Morgan fingerprint density at radius 2 is 1.89 bits per heavy atom. The van der Waals surface area contributed by atoms with Gasteiger partial charge in [-0.25, -0.2) is 0 Å². The van der Waals surface area contributed by atoms with E-state index in [0.717, 1.165) is 44.6 Å². The summed E-state index contributed by atoms with van der Waals surface area (Å²) in [5, 5.41) is 2.96. The summed E-state index contributed by atoms with van der Waals surface area (Å²) in [5.74, 6) is 1.01. The lowest BCUT2D eigenvalue weighted by atomic mass is 9.82. The zero-order valence-electron chi connectivity index (χ0n) is 10.9. The van der Waals surface area contributed by atoms with Gasteiger partial charge >= 0.3 is 0 Å². The van der Waals surface area contributed by atoms with Crippen molar-refractivity contribution in [2.45, 2.75) is 56.9 Å². The average molecular weight is 250 g/mol. The van der Waals surface area contributed by atoms with Crippen molar-refractivity contribution in [3.8, 4) is 0 Å². The molecule has 0 aromatic carbocycles. The lowest BCUT2D eigenvalue weighted by molar-refractivity contribution is -0.150. The fourth-order valence-corrected chi connectivity index (χ4v) is 3.53. The number of piperazine rings is 1. The second kappa shape index (κ2) is 4.56. The lowest BCUT2D eigenvalue weighted by Gasteiger charge is -2.40. The van der Waals surface area contributed by atoms with Crippen LogP contribution in [0.1, 0.15) is 51.4 Å². The normalized spacial score (nSPS) is 27.4. The van der Waals surface area contributed by atoms with Crippen LogP contribution in [-0.2, 0) is 9.59 Å². The van der Waals surface area contributed by atoms with Crippen LogP contribution in [0.3, 0.4) is 0 Å². The minimum absolute atomic E-state index is 0.0325. The Kier molecular flexibility index (Phi) is 3.04. The quantitative estimate of drug-likeness (QED) is 0.824. The maximum atomic E-state index is 12.5. The molecular weight excluding hydrogens is 228 g/mol. The van der Waals surface area contributed by atoms with Crippen molar-refractivity contribution in [2.75, 3.05) is 13.1 Å². The maximum Gasteiger partial charge on any atom is 0.248 e. The molecule has 0 unspecified atom stereocenters. The van der Waals surface area contributed by atoms with Crippen molar-refractivity contribution in [1.29, 1.82) is 0 Å². The molecule has 3 aliphatic rings. The van der Waals surface area contributed by atoms with Gasteiger partial charge in [0, 0.05) is 6.54 Å². The SMILES string of the molecule is O=C1CN(CCC2CCC2)C(=O)C2(CCCC2)N1. The fraction of sp³-hybridized carbons (Fsp3) is 0.857. The van der Waals surface area contributed by atoms with Crippen LogP contribution in [0, 0.1) is 5.92 Å². The smallest absolute Gasteiger partial charge is 0.248 e. The Morgan fingerprint density at radius 3 is 2.50 bits per heavy atom. The maximum absolute atomic E-state index is 12.5. The zero-order chi connectivity index (χ0) is 12.6. The standard InChI is InChI=1S/C14H22N2O2/c17-12-10-16(9-6-11-4-3-5-11)13(18)14(15-12)7-1-2-8-14/h11H,1-10H2,(H,15,17). The summed E-state index contributed by atoms with van der Waals surface area (Å²) in [6.07, 6.45) is 8.80. The molecule has 0 atom stereocenters. The topological polar surface area (TPSA) is 49.4 Å². The van der Waals surface area contributed by atoms with E-state index < -0.39 is 5.54 Å². The predicted octanol–water partition coefficient (Wildman–Crippen LogP) is 1.45. The molecule has 3 fully saturated rings. The van der Waals surface area contributed by atoms with Gasteiger partial charge in [0.05, 0.1) is 6.54 Å². The highest BCUT2D eigenvalue weighted by atomic mass is 16.2. The van der Waals surface area contributed by atoms with Crippen LogP contribution in [0.4, 0.5) is 0 Å². The van der Waals surface area contributed by atoms with Gasteiger partial charge in [-0.05, 0) is 25.2 Å². The monoisotopic (exact) mass is 250 g/mol. The van der Waals surface area contributed by atoms with E-state index in [-0.39, 0.29) is 18.4 Å². The second-order valence-electron chi connectivity index (χ2n) is 6.15. The Balaban J connectivity index is 1.65. The van der Waals surface area contributed by atoms with E-state index in [9.17, 15) is 9.59 Å². The van der Waals surface area contributed by atoms with Crippen molar-refractivity contribution in [1.82, 2.24) is 10.2 Å². The van der Waals surface area contributed by atoms with Gasteiger partial charge in [-0.15, -0.1) is 0 Å². The third-order valence-electron chi connectivity index (χ3n) is 4.90. The van der Waals surface area contributed by atoms with E-state index in [0.29, 0.717) is 0 Å². The first-order valence-corrected chi connectivity index (χ1v) is 7.30. The van der Waals surface area contributed by atoms with E-state index in [2.05, 4.69) is 5.32 Å². The molecule has 1 saturated heterocycles.